The SMILES string of the molecule is O=C(NCCCCC(=O)N1CCC2C1C(=O)CN2S(=O)(=O)Cc1cccnc1)c1ccc(-c2cccs2)cc1. The molecule has 0 radical (unpaired) electrons. The van der Waals surface area contributed by atoms with E-state index < -0.39 is 22.1 Å². The third-order valence-electron chi connectivity index (χ3n) is 7.18. The molecule has 2 saturated heterocycles. The third-order valence-corrected chi connectivity index (χ3v) is 9.91. The first-order chi connectivity index (χ1) is 18.8. The summed E-state index contributed by atoms with van der Waals surface area (Å²) in [6.07, 6.45) is 4.93. The van der Waals surface area contributed by atoms with Crippen molar-refractivity contribution < 1.29 is 22.8 Å². The fourth-order valence-electron chi connectivity index (χ4n) is 5.27. The lowest BCUT2D eigenvalue weighted by molar-refractivity contribution is -0.136. The molecule has 2 fully saturated rings. The Hall–Kier alpha value is -3.41. The van der Waals surface area contributed by atoms with Gasteiger partial charge in [0, 0.05) is 42.3 Å². The second-order valence-electron chi connectivity index (χ2n) is 9.78. The molecule has 0 bridgehead atoms. The molecule has 2 unspecified atom stereocenters. The molecule has 0 saturated carbocycles. The first-order valence-electron chi connectivity index (χ1n) is 13.0. The van der Waals surface area contributed by atoms with Gasteiger partial charge in [0.1, 0.15) is 6.04 Å². The number of aromatic nitrogens is 1. The van der Waals surface area contributed by atoms with Gasteiger partial charge in [-0.15, -0.1) is 11.3 Å². The quantitative estimate of drug-likeness (QED) is 0.377. The highest BCUT2D eigenvalue weighted by Crippen LogP contribution is 2.33. The number of hydrogen-bond donors (Lipinski definition) is 1. The molecule has 1 aromatic carbocycles. The van der Waals surface area contributed by atoms with E-state index in [2.05, 4.69) is 10.3 Å². The number of rotatable bonds is 10. The van der Waals surface area contributed by atoms with Crippen LogP contribution in [0.4, 0.5) is 0 Å². The summed E-state index contributed by atoms with van der Waals surface area (Å²) >= 11 is 1.65. The van der Waals surface area contributed by atoms with Crippen molar-refractivity contribution >= 4 is 39.0 Å². The van der Waals surface area contributed by atoms with Gasteiger partial charge in [-0.1, -0.05) is 24.3 Å². The van der Waals surface area contributed by atoms with E-state index in [-0.39, 0.29) is 36.3 Å². The number of Topliss-reactive ketones (excluding diaryl/α,β-unsaturated/α-hetero) is 1. The second-order valence-corrected chi connectivity index (χ2v) is 12.7. The Labute approximate surface area is 231 Å². The Morgan fingerprint density at radius 3 is 2.62 bits per heavy atom. The molecule has 2 aromatic heterocycles. The number of nitrogens with zero attached hydrogens (tertiary/aromatic N) is 3. The van der Waals surface area contributed by atoms with Crippen molar-refractivity contribution in [3.63, 3.8) is 0 Å². The smallest absolute Gasteiger partial charge is 0.251 e. The lowest BCUT2D eigenvalue weighted by Crippen LogP contribution is -2.43. The van der Waals surface area contributed by atoms with Crippen molar-refractivity contribution in [2.75, 3.05) is 19.6 Å². The topological polar surface area (TPSA) is 117 Å². The van der Waals surface area contributed by atoms with E-state index >= 15 is 0 Å². The van der Waals surface area contributed by atoms with Gasteiger partial charge in [-0.25, -0.2) is 8.42 Å². The minimum absolute atomic E-state index is 0.155. The van der Waals surface area contributed by atoms with Crippen molar-refractivity contribution in [3.05, 3.63) is 77.4 Å². The van der Waals surface area contributed by atoms with Crippen LogP contribution in [0.25, 0.3) is 10.4 Å². The molecule has 5 rings (SSSR count). The number of amides is 2. The van der Waals surface area contributed by atoms with Gasteiger partial charge >= 0.3 is 0 Å². The zero-order valence-electron chi connectivity index (χ0n) is 21.4. The molecule has 4 heterocycles. The van der Waals surface area contributed by atoms with Crippen LogP contribution >= 0.6 is 11.3 Å². The van der Waals surface area contributed by atoms with Crippen LogP contribution in [0.1, 0.15) is 41.6 Å². The van der Waals surface area contributed by atoms with Gasteiger partial charge in [-0.2, -0.15) is 4.31 Å². The van der Waals surface area contributed by atoms with Crippen LogP contribution in [0.5, 0.6) is 0 Å². The summed E-state index contributed by atoms with van der Waals surface area (Å²) in [5.74, 6) is -0.781. The number of fused-ring (bicyclic) bond motifs is 1. The van der Waals surface area contributed by atoms with Crippen molar-refractivity contribution in [2.45, 2.75) is 43.5 Å². The molecule has 2 atom stereocenters. The Bertz CT molecular complexity index is 1430. The summed E-state index contributed by atoms with van der Waals surface area (Å²) in [6, 6.07) is 13.6. The summed E-state index contributed by atoms with van der Waals surface area (Å²) in [7, 11) is -3.72. The van der Waals surface area contributed by atoms with E-state index in [0.717, 1.165) is 10.4 Å². The normalized spacial score (nSPS) is 19.3. The molecule has 3 aromatic rings. The Kier molecular flexibility index (Phi) is 8.20. The monoisotopic (exact) mass is 566 g/mol. The maximum atomic E-state index is 13.0. The van der Waals surface area contributed by atoms with Crippen molar-refractivity contribution in [1.29, 1.82) is 0 Å². The molecule has 9 nitrogen and oxygen atoms in total. The van der Waals surface area contributed by atoms with Gasteiger partial charge in [0.15, 0.2) is 5.78 Å². The van der Waals surface area contributed by atoms with E-state index in [9.17, 15) is 22.8 Å². The molecule has 0 spiro atoms. The summed E-state index contributed by atoms with van der Waals surface area (Å²) in [5, 5.41) is 4.90. The molecular weight excluding hydrogens is 536 g/mol. The molecule has 2 aliphatic heterocycles. The predicted molar refractivity (Wildman–Crippen MR) is 148 cm³/mol. The number of unbranched alkanes of at least 4 members (excludes halogenated alkanes) is 1. The van der Waals surface area contributed by atoms with E-state index in [4.69, 9.17) is 0 Å². The Morgan fingerprint density at radius 1 is 1.08 bits per heavy atom. The maximum absolute atomic E-state index is 13.0. The van der Waals surface area contributed by atoms with Crippen LogP contribution in [-0.4, -0.2) is 71.9 Å². The highest BCUT2D eigenvalue weighted by atomic mass is 32.2. The molecule has 0 aliphatic carbocycles. The van der Waals surface area contributed by atoms with Gasteiger partial charge in [0.25, 0.3) is 5.91 Å². The van der Waals surface area contributed by atoms with Crippen LogP contribution in [0.2, 0.25) is 0 Å². The summed E-state index contributed by atoms with van der Waals surface area (Å²) in [6.45, 7) is 0.587. The van der Waals surface area contributed by atoms with Crippen LogP contribution in [0.15, 0.2) is 66.3 Å². The average Bonchev–Trinajstić information content (AvgIpc) is 3.68. The standard InChI is InChI=1S/C28H30N4O5S2/c33-24-18-32(39(36,37)19-20-5-3-13-29-17-20)23-12-15-31(27(23)24)26(34)7-1-2-14-30-28(35)22-10-8-21(9-11-22)25-6-4-16-38-25/h3-6,8-11,13,16-17,23,27H,1-2,7,12,14-15,18-19H2,(H,30,35). The zero-order chi connectivity index (χ0) is 27.4. The largest absolute Gasteiger partial charge is 0.352 e. The summed E-state index contributed by atoms with van der Waals surface area (Å²) in [5.41, 5.74) is 2.21. The van der Waals surface area contributed by atoms with Crippen molar-refractivity contribution in [3.8, 4) is 10.4 Å². The van der Waals surface area contributed by atoms with E-state index in [0.29, 0.717) is 43.5 Å². The number of benzene rings is 1. The number of sulfonamides is 1. The average molecular weight is 567 g/mol. The number of thiophene rings is 1. The fourth-order valence-corrected chi connectivity index (χ4v) is 7.72. The lowest BCUT2D eigenvalue weighted by Gasteiger charge is -2.24. The number of nitrogens with one attached hydrogen (secondary N) is 1. The molecule has 204 valence electrons. The molecule has 11 heteroatoms. The van der Waals surface area contributed by atoms with E-state index in [1.54, 1.807) is 46.7 Å². The van der Waals surface area contributed by atoms with Gasteiger partial charge in [-0.3, -0.25) is 19.4 Å². The third kappa shape index (κ3) is 6.10. The summed E-state index contributed by atoms with van der Waals surface area (Å²) < 4.78 is 27.4. The van der Waals surface area contributed by atoms with Gasteiger partial charge in [0.05, 0.1) is 18.3 Å². The van der Waals surface area contributed by atoms with E-state index in [1.807, 2.05) is 29.6 Å². The van der Waals surface area contributed by atoms with E-state index in [1.165, 1.54) is 10.5 Å². The van der Waals surface area contributed by atoms with Crippen LogP contribution in [0, 0.1) is 0 Å². The van der Waals surface area contributed by atoms with Gasteiger partial charge in [-0.05, 0) is 60.0 Å². The maximum Gasteiger partial charge on any atom is 0.251 e. The predicted octanol–water partition coefficient (Wildman–Crippen LogP) is 3.09. The van der Waals surface area contributed by atoms with Crippen LogP contribution < -0.4 is 5.32 Å². The zero-order valence-corrected chi connectivity index (χ0v) is 23.0. The minimum atomic E-state index is -3.72. The number of pyridine rings is 1. The van der Waals surface area contributed by atoms with Crippen LogP contribution in [0.3, 0.4) is 0 Å². The molecule has 2 amide bonds. The number of hydrogen-bond acceptors (Lipinski definition) is 7. The number of likely N-dealkylation sites (tertiary alicyclic amines) is 1. The number of ketones is 1. The molecule has 2 aliphatic rings. The van der Waals surface area contributed by atoms with Crippen molar-refractivity contribution in [1.82, 2.24) is 19.5 Å². The first-order valence-corrected chi connectivity index (χ1v) is 15.4. The van der Waals surface area contributed by atoms with Gasteiger partial charge in [0.2, 0.25) is 15.9 Å². The van der Waals surface area contributed by atoms with Crippen LogP contribution in [-0.2, 0) is 25.4 Å². The highest BCUT2D eigenvalue weighted by molar-refractivity contribution is 7.88. The highest BCUT2D eigenvalue weighted by Gasteiger charge is 2.53. The number of carbonyl (C=O) groups excluding carboxylic acids is 3. The fraction of sp³-hybridized carbons (Fsp3) is 0.357. The second kappa shape index (κ2) is 11.8. The number of carbonyl (C=O) groups is 3. The molecule has 39 heavy (non-hydrogen) atoms. The molecule has 1 N–H and O–H groups in total. The molecular formula is C28H30N4O5S2. The minimum Gasteiger partial charge on any atom is -0.352 e. The first kappa shape index (κ1) is 27.2. The Balaban J connectivity index is 1.07. The van der Waals surface area contributed by atoms with Gasteiger partial charge < -0.3 is 10.2 Å². The van der Waals surface area contributed by atoms with Crippen molar-refractivity contribution in [2.24, 2.45) is 0 Å². The lowest BCUT2D eigenvalue weighted by atomic mass is 10.1. The summed E-state index contributed by atoms with van der Waals surface area (Å²) in [4.78, 5) is 44.8. The Morgan fingerprint density at radius 2 is 1.90 bits per heavy atom.